The summed E-state index contributed by atoms with van der Waals surface area (Å²) in [4.78, 5) is 12.5. The number of benzene rings is 2. The number of anilines is 1. The van der Waals surface area contributed by atoms with Crippen molar-refractivity contribution in [3.63, 3.8) is 0 Å². The van der Waals surface area contributed by atoms with Crippen LogP contribution in [0.5, 0.6) is 11.5 Å². The number of carbonyl (C=O) groups excluding carboxylic acids is 1. The van der Waals surface area contributed by atoms with Crippen LogP contribution in [0.4, 0.5) is 5.69 Å². The van der Waals surface area contributed by atoms with Crippen molar-refractivity contribution in [1.29, 1.82) is 0 Å². The molecule has 5 heteroatoms. The molecule has 0 radical (unpaired) electrons. The predicted molar refractivity (Wildman–Crippen MR) is 104 cm³/mol. The van der Waals surface area contributed by atoms with E-state index in [9.17, 15) is 4.79 Å². The van der Waals surface area contributed by atoms with Gasteiger partial charge in [-0.2, -0.15) is 0 Å². The lowest BCUT2D eigenvalue weighted by Gasteiger charge is -2.12. The third-order valence-corrected chi connectivity index (χ3v) is 4.24. The maximum Gasteiger partial charge on any atom is 0.244 e. The molecule has 0 saturated carbocycles. The van der Waals surface area contributed by atoms with E-state index in [0.717, 1.165) is 40.1 Å². The number of nitrogens with one attached hydrogen (secondary N) is 1. The smallest absolute Gasteiger partial charge is 0.244 e. The molecule has 0 aliphatic carbocycles. The summed E-state index contributed by atoms with van der Waals surface area (Å²) >= 11 is 0. The fourth-order valence-corrected chi connectivity index (χ4v) is 2.87. The number of aromatic nitrogens is 1. The Morgan fingerprint density at radius 1 is 1.12 bits per heavy atom. The number of ether oxygens (including phenoxy) is 2. The molecular formula is C21H24N2O3. The van der Waals surface area contributed by atoms with Crippen molar-refractivity contribution in [3.05, 3.63) is 54.2 Å². The molecule has 5 nitrogen and oxygen atoms in total. The van der Waals surface area contributed by atoms with Crippen LogP contribution in [0.1, 0.15) is 18.9 Å². The van der Waals surface area contributed by atoms with Crippen LogP contribution in [0.2, 0.25) is 0 Å². The SMILES string of the molecule is CCCOc1ccc(NC(=O)Cn2ccc3cc(OC)ccc32)c(C)c1. The fraction of sp³-hybridized carbons (Fsp3) is 0.286. The zero-order valence-corrected chi connectivity index (χ0v) is 15.4. The summed E-state index contributed by atoms with van der Waals surface area (Å²) in [5.41, 5.74) is 2.78. The average molecular weight is 352 g/mol. The second-order valence-corrected chi connectivity index (χ2v) is 6.24. The number of fused-ring (bicyclic) bond motifs is 1. The average Bonchev–Trinajstić information content (AvgIpc) is 3.03. The Kier molecular flexibility index (Phi) is 5.46. The highest BCUT2D eigenvalue weighted by Gasteiger charge is 2.09. The Morgan fingerprint density at radius 2 is 1.92 bits per heavy atom. The molecule has 0 fully saturated rings. The summed E-state index contributed by atoms with van der Waals surface area (Å²) in [7, 11) is 1.65. The van der Waals surface area contributed by atoms with Gasteiger partial charge in [-0.25, -0.2) is 0 Å². The molecule has 136 valence electrons. The normalized spacial score (nSPS) is 10.7. The van der Waals surface area contributed by atoms with Crippen molar-refractivity contribution in [2.24, 2.45) is 0 Å². The fourth-order valence-electron chi connectivity index (χ4n) is 2.87. The summed E-state index contributed by atoms with van der Waals surface area (Å²) in [5, 5.41) is 4.03. The van der Waals surface area contributed by atoms with Crippen molar-refractivity contribution in [3.8, 4) is 11.5 Å². The summed E-state index contributed by atoms with van der Waals surface area (Å²) in [6, 6.07) is 13.5. The molecule has 1 aromatic heterocycles. The second kappa shape index (κ2) is 7.95. The number of rotatable bonds is 7. The van der Waals surface area contributed by atoms with Crippen LogP contribution in [-0.4, -0.2) is 24.2 Å². The van der Waals surface area contributed by atoms with Gasteiger partial charge < -0.3 is 19.4 Å². The van der Waals surface area contributed by atoms with Gasteiger partial charge in [0.05, 0.1) is 13.7 Å². The zero-order valence-electron chi connectivity index (χ0n) is 15.4. The molecule has 0 aliphatic rings. The van der Waals surface area contributed by atoms with Crippen molar-refractivity contribution in [1.82, 2.24) is 4.57 Å². The second-order valence-electron chi connectivity index (χ2n) is 6.24. The molecule has 3 rings (SSSR count). The van der Waals surface area contributed by atoms with Gasteiger partial charge in [0.25, 0.3) is 0 Å². The number of methoxy groups -OCH3 is 1. The van der Waals surface area contributed by atoms with E-state index in [1.165, 1.54) is 0 Å². The monoisotopic (exact) mass is 352 g/mol. The van der Waals surface area contributed by atoms with E-state index in [0.29, 0.717) is 6.61 Å². The van der Waals surface area contributed by atoms with Gasteiger partial charge in [0.15, 0.2) is 0 Å². The molecule has 2 aromatic carbocycles. The van der Waals surface area contributed by atoms with E-state index < -0.39 is 0 Å². The van der Waals surface area contributed by atoms with Crippen LogP contribution < -0.4 is 14.8 Å². The number of carbonyl (C=O) groups is 1. The molecule has 0 aliphatic heterocycles. The molecule has 0 spiro atoms. The number of hydrogen-bond acceptors (Lipinski definition) is 3. The van der Waals surface area contributed by atoms with Crippen molar-refractivity contribution < 1.29 is 14.3 Å². The van der Waals surface area contributed by atoms with E-state index in [-0.39, 0.29) is 12.5 Å². The molecule has 3 aromatic rings. The number of amides is 1. The molecular weight excluding hydrogens is 328 g/mol. The van der Waals surface area contributed by atoms with E-state index in [1.54, 1.807) is 7.11 Å². The summed E-state index contributed by atoms with van der Waals surface area (Å²) in [5.74, 6) is 1.57. The molecule has 0 saturated heterocycles. The van der Waals surface area contributed by atoms with Gasteiger partial charge >= 0.3 is 0 Å². The highest BCUT2D eigenvalue weighted by molar-refractivity contribution is 5.93. The Bertz CT molecular complexity index is 915. The molecule has 0 unspecified atom stereocenters. The van der Waals surface area contributed by atoms with Crippen LogP contribution in [0.3, 0.4) is 0 Å². The third kappa shape index (κ3) is 3.99. The summed E-state index contributed by atoms with van der Waals surface area (Å²) < 4.78 is 12.8. The first-order chi connectivity index (χ1) is 12.6. The Labute approximate surface area is 153 Å². The maximum absolute atomic E-state index is 12.5. The molecule has 1 amide bonds. The van der Waals surface area contributed by atoms with Crippen LogP contribution in [0, 0.1) is 6.92 Å². The van der Waals surface area contributed by atoms with Gasteiger partial charge in [0.1, 0.15) is 18.0 Å². The first kappa shape index (κ1) is 17.9. The van der Waals surface area contributed by atoms with E-state index in [2.05, 4.69) is 12.2 Å². The zero-order chi connectivity index (χ0) is 18.5. The van der Waals surface area contributed by atoms with Gasteiger partial charge in [0, 0.05) is 22.8 Å². The highest BCUT2D eigenvalue weighted by Crippen LogP contribution is 2.23. The van der Waals surface area contributed by atoms with Crippen LogP contribution in [0.25, 0.3) is 10.9 Å². The molecule has 1 heterocycles. The van der Waals surface area contributed by atoms with Crippen molar-refractivity contribution >= 4 is 22.5 Å². The highest BCUT2D eigenvalue weighted by atomic mass is 16.5. The van der Waals surface area contributed by atoms with Gasteiger partial charge in [-0.3, -0.25) is 4.79 Å². The predicted octanol–water partition coefficient (Wildman–Crippen LogP) is 4.39. The Hall–Kier alpha value is -2.95. The lowest BCUT2D eigenvalue weighted by molar-refractivity contribution is -0.116. The number of nitrogens with zero attached hydrogens (tertiary/aromatic N) is 1. The van der Waals surface area contributed by atoms with Crippen molar-refractivity contribution in [2.45, 2.75) is 26.8 Å². The Morgan fingerprint density at radius 3 is 2.65 bits per heavy atom. The van der Waals surface area contributed by atoms with Gasteiger partial charge in [0.2, 0.25) is 5.91 Å². The molecule has 0 bridgehead atoms. The van der Waals surface area contributed by atoms with E-state index in [4.69, 9.17) is 9.47 Å². The van der Waals surface area contributed by atoms with Gasteiger partial charge in [-0.05, 0) is 61.4 Å². The number of aryl methyl sites for hydroxylation is 1. The van der Waals surface area contributed by atoms with E-state index in [1.807, 2.05) is 60.2 Å². The lowest BCUT2D eigenvalue weighted by Crippen LogP contribution is -2.18. The van der Waals surface area contributed by atoms with E-state index >= 15 is 0 Å². The number of hydrogen-bond donors (Lipinski definition) is 1. The van der Waals surface area contributed by atoms with Gasteiger partial charge in [-0.15, -0.1) is 0 Å². The van der Waals surface area contributed by atoms with Crippen LogP contribution in [0.15, 0.2) is 48.7 Å². The minimum atomic E-state index is -0.0661. The summed E-state index contributed by atoms with van der Waals surface area (Å²) in [6.45, 7) is 4.98. The lowest BCUT2D eigenvalue weighted by atomic mass is 10.2. The first-order valence-electron chi connectivity index (χ1n) is 8.77. The summed E-state index contributed by atoms with van der Waals surface area (Å²) in [6.07, 6.45) is 2.88. The van der Waals surface area contributed by atoms with Crippen molar-refractivity contribution in [2.75, 3.05) is 19.0 Å². The van der Waals surface area contributed by atoms with Crippen LogP contribution in [-0.2, 0) is 11.3 Å². The minimum Gasteiger partial charge on any atom is -0.497 e. The quantitative estimate of drug-likeness (QED) is 0.686. The molecule has 1 N–H and O–H groups in total. The van der Waals surface area contributed by atoms with Gasteiger partial charge in [-0.1, -0.05) is 6.92 Å². The third-order valence-electron chi connectivity index (χ3n) is 4.24. The molecule has 0 atom stereocenters. The maximum atomic E-state index is 12.5. The molecule has 26 heavy (non-hydrogen) atoms. The van der Waals surface area contributed by atoms with Crippen LogP contribution >= 0.6 is 0 Å². The largest absolute Gasteiger partial charge is 0.497 e. The topological polar surface area (TPSA) is 52.5 Å². The first-order valence-corrected chi connectivity index (χ1v) is 8.77. The minimum absolute atomic E-state index is 0.0661. The standard InChI is InChI=1S/C21H24N2O3/c1-4-11-26-18-5-7-19(15(2)12-18)22-21(24)14-23-10-9-16-13-17(25-3)6-8-20(16)23/h5-10,12-13H,4,11,14H2,1-3H3,(H,22,24). The Balaban J connectivity index is 1.69.